The Morgan fingerprint density at radius 1 is 1.00 bits per heavy atom. The Balaban J connectivity index is 0.00000417. The molecule has 1 saturated carbocycles. The van der Waals surface area contributed by atoms with Crippen molar-refractivity contribution in [3.8, 4) is 28.3 Å². The second kappa shape index (κ2) is 13.7. The van der Waals surface area contributed by atoms with Crippen molar-refractivity contribution in [3.63, 3.8) is 0 Å². The molecule has 240 valence electrons. The van der Waals surface area contributed by atoms with E-state index in [9.17, 15) is 18.3 Å². The van der Waals surface area contributed by atoms with E-state index in [0.717, 1.165) is 55.0 Å². The molecule has 8 nitrogen and oxygen atoms in total. The summed E-state index contributed by atoms with van der Waals surface area (Å²) in [6.07, 6.45) is 6.22. The minimum Gasteiger partial charge on any atom is -0.489 e. The highest BCUT2D eigenvalue weighted by molar-refractivity contribution is 7.92. The summed E-state index contributed by atoms with van der Waals surface area (Å²) >= 11 is 6.08. The Hall–Kier alpha value is -4.12. The van der Waals surface area contributed by atoms with Crippen LogP contribution in [-0.2, 0) is 16.6 Å². The maximum atomic E-state index is 15.9. The lowest BCUT2D eigenvalue weighted by Crippen LogP contribution is -2.14. The average Bonchev–Trinajstić information content (AvgIpc) is 3.39. The number of imidazole rings is 1. The van der Waals surface area contributed by atoms with E-state index in [0.29, 0.717) is 33.2 Å². The molecule has 46 heavy (non-hydrogen) atoms. The smallest absolute Gasteiger partial charge is 0.335 e. The number of nitrogens with zero attached hydrogens (tertiary/aromatic N) is 2. The number of fused-ring (bicyclic) bond motifs is 1. The lowest BCUT2D eigenvalue weighted by atomic mass is 9.94. The standard InChI is InChI=1S/C34H31ClFN3O5S.ClH/c1-45(42,43)38-25-12-14-28(21-7-10-24(35)11-8-21)23(17-25)20-44-27-13-15-29(30(36)19-27)33-37-31-18-22(34(40)41)9-16-32(31)39(33)26-5-3-2-4-6-26;/h7-19,26,38H,2-6,20H2,1H3,(H,40,41);1H. The quantitative estimate of drug-likeness (QED) is 0.161. The van der Waals surface area contributed by atoms with Gasteiger partial charge in [-0.05, 0) is 84.1 Å². The molecule has 5 aromatic rings. The van der Waals surface area contributed by atoms with Gasteiger partial charge in [0.05, 0.1) is 28.4 Å². The van der Waals surface area contributed by atoms with Crippen LogP contribution in [0.3, 0.4) is 0 Å². The lowest BCUT2D eigenvalue weighted by molar-refractivity contribution is 0.0697. The molecule has 1 aromatic heterocycles. The van der Waals surface area contributed by atoms with Gasteiger partial charge in [-0.15, -0.1) is 12.4 Å². The third kappa shape index (κ3) is 7.30. The van der Waals surface area contributed by atoms with Gasteiger partial charge in [0.2, 0.25) is 10.0 Å². The zero-order valence-electron chi connectivity index (χ0n) is 24.9. The van der Waals surface area contributed by atoms with Gasteiger partial charge in [-0.25, -0.2) is 22.6 Å². The molecule has 0 bridgehead atoms. The number of aromatic carboxylic acids is 1. The summed E-state index contributed by atoms with van der Waals surface area (Å²) in [4.78, 5) is 16.3. The molecule has 0 atom stereocenters. The number of hydrogen-bond acceptors (Lipinski definition) is 5. The Labute approximate surface area is 277 Å². The fraction of sp³-hybridized carbons (Fsp3) is 0.235. The molecule has 1 heterocycles. The van der Waals surface area contributed by atoms with Gasteiger partial charge in [0, 0.05) is 22.8 Å². The van der Waals surface area contributed by atoms with Gasteiger partial charge >= 0.3 is 5.97 Å². The topological polar surface area (TPSA) is 111 Å². The minimum absolute atomic E-state index is 0. The van der Waals surface area contributed by atoms with Gasteiger partial charge in [-0.1, -0.05) is 49.1 Å². The van der Waals surface area contributed by atoms with Crippen molar-refractivity contribution in [2.75, 3.05) is 11.0 Å². The number of anilines is 1. The molecular weight excluding hydrogens is 652 g/mol. The number of rotatable bonds is 9. The van der Waals surface area contributed by atoms with E-state index in [2.05, 4.69) is 9.29 Å². The monoisotopic (exact) mass is 683 g/mol. The van der Waals surface area contributed by atoms with Crippen LogP contribution in [0.2, 0.25) is 5.02 Å². The molecule has 1 fully saturated rings. The highest BCUT2D eigenvalue weighted by Crippen LogP contribution is 2.38. The molecular formula is C34H32Cl2FN3O5S. The van der Waals surface area contributed by atoms with Crippen LogP contribution in [0, 0.1) is 5.82 Å². The first-order chi connectivity index (χ1) is 21.6. The van der Waals surface area contributed by atoms with Crippen LogP contribution >= 0.6 is 24.0 Å². The molecule has 12 heteroatoms. The van der Waals surface area contributed by atoms with Crippen molar-refractivity contribution in [2.24, 2.45) is 0 Å². The third-order valence-electron chi connectivity index (χ3n) is 8.02. The van der Waals surface area contributed by atoms with Crippen LogP contribution in [0.25, 0.3) is 33.5 Å². The summed E-state index contributed by atoms with van der Waals surface area (Å²) < 4.78 is 50.2. The fourth-order valence-corrected chi connectivity index (χ4v) is 6.64. The number of ether oxygens (including phenoxy) is 1. The molecule has 1 aliphatic carbocycles. The lowest BCUT2D eigenvalue weighted by Gasteiger charge is -2.25. The predicted octanol–water partition coefficient (Wildman–Crippen LogP) is 8.74. The minimum atomic E-state index is -3.50. The summed E-state index contributed by atoms with van der Waals surface area (Å²) in [7, 11) is -3.50. The molecule has 6 rings (SSSR count). The maximum absolute atomic E-state index is 15.9. The number of hydrogen-bond donors (Lipinski definition) is 2. The number of nitrogens with one attached hydrogen (secondary N) is 1. The second-order valence-corrected chi connectivity index (χ2v) is 13.5. The van der Waals surface area contributed by atoms with Crippen molar-refractivity contribution in [1.29, 1.82) is 0 Å². The second-order valence-electron chi connectivity index (χ2n) is 11.3. The van der Waals surface area contributed by atoms with E-state index < -0.39 is 21.8 Å². The predicted molar refractivity (Wildman–Crippen MR) is 181 cm³/mol. The van der Waals surface area contributed by atoms with Gasteiger partial charge in [-0.3, -0.25) is 4.72 Å². The first-order valence-electron chi connectivity index (χ1n) is 14.6. The Morgan fingerprint density at radius 2 is 1.72 bits per heavy atom. The number of carboxylic acid groups (broad SMARTS) is 1. The largest absolute Gasteiger partial charge is 0.489 e. The van der Waals surface area contributed by atoms with Crippen molar-refractivity contribution in [3.05, 3.63) is 101 Å². The van der Waals surface area contributed by atoms with Gasteiger partial charge in [0.15, 0.2) is 0 Å². The zero-order chi connectivity index (χ0) is 31.7. The molecule has 4 aromatic carbocycles. The van der Waals surface area contributed by atoms with Crippen molar-refractivity contribution in [2.45, 2.75) is 44.8 Å². The summed E-state index contributed by atoms with van der Waals surface area (Å²) in [5, 5.41) is 10.1. The first-order valence-corrected chi connectivity index (χ1v) is 16.9. The average molecular weight is 685 g/mol. The summed E-state index contributed by atoms with van der Waals surface area (Å²) in [5.74, 6) is -0.833. The van der Waals surface area contributed by atoms with Crippen LogP contribution in [0.5, 0.6) is 5.75 Å². The van der Waals surface area contributed by atoms with E-state index >= 15 is 4.39 Å². The number of carboxylic acids is 1. The highest BCUT2D eigenvalue weighted by Gasteiger charge is 2.25. The third-order valence-corrected chi connectivity index (χ3v) is 8.87. The summed E-state index contributed by atoms with van der Waals surface area (Å²) in [6.45, 7) is 0.0363. The molecule has 2 N–H and O–H groups in total. The Bertz CT molecular complexity index is 2010. The van der Waals surface area contributed by atoms with Gasteiger partial charge < -0.3 is 14.4 Å². The molecule has 0 saturated heterocycles. The van der Waals surface area contributed by atoms with Crippen LogP contribution in [0.4, 0.5) is 10.1 Å². The molecule has 0 unspecified atom stereocenters. The number of benzene rings is 4. The first kappa shape index (κ1) is 33.2. The summed E-state index contributed by atoms with van der Waals surface area (Å²) in [6, 6.07) is 22.0. The molecule has 0 amide bonds. The van der Waals surface area contributed by atoms with Crippen molar-refractivity contribution < 1.29 is 27.4 Å². The van der Waals surface area contributed by atoms with Gasteiger partial charge in [0.1, 0.15) is 24.0 Å². The Kier molecular flexibility index (Phi) is 9.91. The molecule has 0 spiro atoms. The van der Waals surface area contributed by atoms with Gasteiger partial charge in [-0.2, -0.15) is 0 Å². The summed E-state index contributed by atoms with van der Waals surface area (Å²) in [5.41, 5.74) is 4.43. The van der Waals surface area contributed by atoms with Crippen LogP contribution in [-0.4, -0.2) is 35.3 Å². The number of carbonyl (C=O) groups is 1. The maximum Gasteiger partial charge on any atom is 0.335 e. The van der Waals surface area contributed by atoms with E-state index in [1.807, 2.05) is 12.1 Å². The fourth-order valence-electron chi connectivity index (χ4n) is 5.96. The van der Waals surface area contributed by atoms with E-state index in [1.165, 1.54) is 12.1 Å². The SMILES string of the molecule is CS(=O)(=O)Nc1ccc(-c2ccc(Cl)cc2)c(COc2ccc(-c3nc4cc(C(=O)O)ccc4n3C3CCCCC3)c(F)c2)c1.Cl. The number of aromatic nitrogens is 2. The van der Waals surface area contributed by atoms with Crippen LogP contribution in [0.1, 0.15) is 54.1 Å². The molecule has 0 radical (unpaired) electrons. The molecule has 0 aliphatic heterocycles. The van der Waals surface area contributed by atoms with E-state index in [1.54, 1.807) is 54.6 Å². The van der Waals surface area contributed by atoms with Crippen molar-refractivity contribution >= 4 is 56.7 Å². The Morgan fingerprint density at radius 3 is 2.39 bits per heavy atom. The number of sulfonamides is 1. The number of halogens is 3. The normalized spacial score (nSPS) is 13.7. The van der Waals surface area contributed by atoms with Crippen LogP contribution < -0.4 is 9.46 Å². The van der Waals surface area contributed by atoms with Crippen molar-refractivity contribution in [1.82, 2.24) is 9.55 Å². The highest BCUT2D eigenvalue weighted by atomic mass is 35.5. The van der Waals surface area contributed by atoms with E-state index in [-0.39, 0.29) is 36.4 Å². The zero-order valence-corrected chi connectivity index (χ0v) is 27.3. The van der Waals surface area contributed by atoms with E-state index in [4.69, 9.17) is 21.3 Å². The molecule has 1 aliphatic rings. The van der Waals surface area contributed by atoms with Gasteiger partial charge in [0.25, 0.3) is 0 Å². The van der Waals surface area contributed by atoms with Crippen LogP contribution in [0.15, 0.2) is 78.9 Å².